The predicted octanol–water partition coefficient (Wildman–Crippen LogP) is 5.43. The minimum atomic E-state index is -0.584. The number of likely N-dealkylation sites (N-methyl/N-ethyl adjacent to an activating group) is 1. The van der Waals surface area contributed by atoms with E-state index in [4.69, 9.17) is 9.47 Å². The van der Waals surface area contributed by atoms with Gasteiger partial charge in [-0.05, 0) is 82.5 Å². The molecule has 1 fully saturated rings. The first kappa shape index (κ1) is 34.1. The summed E-state index contributed by atoms with van der Waals surface area (Å²) >= 11 is 0. The molecule has 0 aliphatic carbocycles. The normalized spacial score (nSPS) is 13.7. The number of rotatable bonds is 9. The number of carbonyl (C=O) groups excluding carboxylic acids is 3. The smallest absolute Gasteiger partial charge is 0.410 e. The van der Waals surface area contributed by atoms with E-state index in [0.717, 1.165) is 11.3 Å². The summed E-state index contributed by atoms with van der Waals surface area (Å²) in [6.45, 7) is 8.90. The fourth-order valence-electron chi connectivity index (χ4n) is 5.60. The predicted molar refractivity (Wildman–Crippen MR) is 180 cm³/mol. The number of aryl methyl sites for hydroxylation is 1. The molecule has 1 saturated heterocycles. The van der Waals surface area contributed by atoms with E-state index in [9.17, 15) is 18.8 Å². The number of halogens is 1. The molecule has 2 aromatic carbocycles. The van der Waals surface area contributed by atoms with Crippen LogP contribution in [0.3, 0.4) is 0 Å². The SMILES string of the molecule is COc1ccc(-c2cnc3c(Nc4ccc(C(=O)N5CCC(C(=O)NCCN(C)C(=O)OC(C)(C)C)CC5)c(C)c4)nccn23)cc1F. The number of anilines is 2. The second-order valence-electron chi connectivity index (χ2n) is 12.9. The van der Waals surface area contributed by atoms with Gasteiger partial charge in [-0.25, -0.2) is 19.2 Å². The number of benzene rings is 2. The van der Waals surface area contributed by atoms with E-state index in [-0.39, 0.29) is 23.5 Å². The minimum Gasteiger partial charge on any atom is -0.494 e. The van der Waals surface area contributed by atoms with Gasteiger partial charge in [0.15, 0.2) is 23.0 Å². The Morgan fingerprint density at radius 3 is 2.50 bits per heavy atom. The van der Waals surface area contributed by atoms with Gasteiger partial charge in [-0.1, -0.05) is 0 Å². The summed E-state index contributed by atoms with van der Waals surface area (Å²) in [7, 11) is 3.06. The van der Waals surface area contributed by atoms with Gasteiger partial charge in [0.2, 0.25) is 5.91 Å². The van der Waals surface area contributed by atoms with Gasteiger partial charge < -0.3 is 29.9 Å². The lowest BCUT2D eigenvalue weighted by molar-refractivity contribution is -0.126. The van der Waals surface area contributed by atoms with Crippen LogP contribution in [-0.4, -0.2) is 88.0 Å². The van der Waals surface area contributed by atoms with Gasteiger partial charge in [0.05, 0.1) is 19.0 Å². The van der Waals surface area contributed by atoms with E-state index in [1.807, 2.05) is 23.5 Å². The Labute approximate surface area is 279 Å². The van der Waals surface area contributed by atoms with Crippen LogP contribution in [0.2, 0.25) is 0 Å². The third-order valence-electron chi connectivity index (χ3n) is 8.20. The summed E-state index contributed by atoms with van der Waals surface area (Å²) in [5.41, 5.74) is 3.43. The number of ether oxygens (including phenoxy) is 2. The fourth-order valence-corrected chi connectivity index (χ4v) is 5.60. The number of methoxy groups -OCH3 is 1. The Morgan fingerprint density at radius 1 is 1.08 bits per heavy atom. The maximum Gasteiger partial charge on any atom is 0.410 e. The van der Waals surface area contributed by atoms with Gasteiger partial charge >= 0.3 is 6.09 Å². The number of fused-ring (bicyclic) bond motifs is 1. The van der Waals surface area contributed by atoms with Gasteiger partial charge in [-0.3, -0.25) is 14.0 Å². The minimum absolute atomic E-state index is 0.0734. The average molecular weight is 660 g/mol. The highest BCUT2D eigenvalue weighted by Crippen LogP contribution is 2.29. The van der Waals surface area contributed by atoms with E-state index in [2.05, 4.69) is 20.6 Å². The van der Waals surface area contributed by atoms with E-state index >= 15 is 0 Å². The zero-order valence-electron chi connectivity index (χ0n) is 28.2. The van der Waals surface area contributed by atoms with Crippen molar-refractivity contribution in [2.75, 3.05) is 45.7 Å². The lowest BCUT2D eigenvalue weighted by Crippen LogP contribution is -2.45. The maximum atomic E-state index is 14.4. The van der Waals surface area contributed by atoms with Crippen LogP contribution in [0.25, 0.3) is 16.9 Å². The maximum absolute atomic E-state index is 14.4. The second kappa shape index (κ2) is 14.3. The van der Waals surface area contributed by atoms with E-state index in [1.165, 1.54) is 18.1 Å². The van der Waals surface area contributed by atoms with Crippen molar-refractivity contribution in [3.8, 4) is 17.0 Å². The zero-order valence-corrected chi connectivity index (χ0v) is 28.2. The highest BCUT2D eigenvalue weighted by molar-refractivity contribution is 5.96. The molecule has 12 nitrogen and oxygen atoms in total. The third-order valence-corrected chi connectivity index (χ3v) is 8.20. The highest BCUT2D eigenvalue weighted by atomic mass is 19.1. The number of hydrogen-bond acceptors (Lipinski definition) is 8. The van der Waals surface area contributed by atoms with Gasteiger partial charge in [-0.15, -0.1) is 0 Å². The molecule has 3 amide bonds. The van der Waals surface area contributed by atoms with Crippen molar-refractivity contribution < 1.29 is 28.2 Å². The van der Waals surface area contributed by atoms with E-state index in [1.54, 1.807) is 69.5 Å². The monoisotopic (exact) mass is 659 g/mol. The van der Waals surface area contributed by atoms with Crippen molar-refractivity contribution in [1.82, 2.24) is 29.5 Å². The summed E-state index contributed by atoms with van der Waals surface area (Å²) < 4.78 is 26.6. The lowest BCUT2D eigenvalue weighted by atomic mass is 9.95. The van der Waals surface area contributed by atoms with Crippen molar-refractivity contribution in [1.29, 1.82) is 0 Å². The Balaban J connectivity index is 1.16. The summed E-state index contributed by atoms with van der Waals surface area (Å²) in [5.74, 6) is -0.144. The van der Waals surface area contributed by atoms with Crippen LogP contribution in [0.15, 0.2) is 55.0 Å². The molecule has 2 N–H and O–H groups in total. The quantitative estimate of drug-likeness (QED) is 0.243. The van der Waals surface area contributed by atoms with Crippen molar-refractivity contribution in [2.24, 2.45) is 5.92 Å². The molecular formula is C35H42FN7O5. The molecule has 5 rings (SSSR count). The first-order valence-corrected chi connectivity index (χ1v) is 15.9. The number of amides is 3. The molecule has 0 atom stereocenters. The van der Waals surface area contributed by atoms with Gasteiger partial charge in [0.1, 0.15) is 5.60 Å². The molecule has 1 aliphatic rings. The molecule has 0 unspecified atom stereocenters. The van der Waals surface area contributed by atoms with Crippen LogP contribution in [-0.2, 0) is 9.53 Å². The molecule has 0 spiro atoms. The molecule has 2 aromatic heterocycles. The molecule has 48 heavy (non-hydrogen) atoms. The topological polar surface area (TPSA) is 130 Å². The molecule has 0 bridgehead atoms. The van der Waals surface area contributed by atoms with Crippen molar-refractivity contribution in [3.63, 3.8) is 0 Å². The van der Waals surface area contributed by atoms with Crippen molar-refractivity contribution >= 4 is 35.1 Å². The summed E-state index contributed by atoms with van der Waals surface area (Å²) in [6, 6.07) is 10.2. The Bertz CT molecular complexity index is 1810. The van der Waals surface area contributed by atoms with Crippen LogP contribution in [0.1, 0.15) is 49.5 Å². The number of nitrogens with one attached hydrogen (secondary N) is 2. The van der Waals surface area contributed by atoms with E-state index < -0.39 is 17.5 Å². The van der Waals surface area contributed by atoms with Gasteiger partial charge in [-0.2, -0.15) is 0 Å². The molecule has 1 aliphatic heterocycles. The number of hydrogen-bond donors (Lipinski definition) is 2. The third kappa shape index (κ3) is 7.84. The summed E-state index contributed by atoms with van der Waals surface area (Å²) in [5, 5.41) is 6.21. The van der Waals surface area contributed by atoms with Crippen LogP contribution in [0, 0.1) is 18.7 Å². The highest BCUT2D eigenvalue weighted by Gasteiger charge is 2.29. The summed E-state index contributed by atoms with van der Waals surface area (Å²) in [6.07, 6.45) is 5.74. The Kier molecular flexibility index (Phi) is 10.2. The van der Waals surface area contributed by atoms with E-state index in [0.29, 0.717) is 67.3 Å². The second-order valence-corrected chi connectivity index (χ2v) is 12.9. The molecule has 0 saturated carbocycles. The first-order chi connectivity index (χ1) is 22.8. The molecule has 4 aromatic rings. The van der Waals surface area contributed by atoms with Crippen LogP contribution in [0.5, 0.6) is 5.75 Å². The van der Waals surface area contributed by atoms with Crippen LogP contribution >= 0.6 is 0 Å². The largest absolute Gasteiger partial charge is 0.494 e. The van der Waals surface area contributed by atoms with Crippen molar-refractivity contribution in [2.45, 2.75) is 46.1 Å². The summed E-state index contributed by atoms with van der Waals surface area (Å²) in [4.78, 5) is 50.6. The number of carbonyl (C=O) groups is 3. The number of likely N-dealkylation sites (tertiary alicyclic amines) is 1. The Morgan fingerprint density at radius 2 is 1.83 bits per heavy atom. The molecule has 0 radical (unpaired) electrons. The number of imidazole rings is 1. The molecule has 254 valence electrons. The lowest BCUT2D eigenvalue weighted by Gasteiger charge is -2.32. The molecule has 13 heteroatoms. The Hall–Kier alpha value is -5.20. The zero-order chi connectivity index (χ0) is 34.6. The standard InChI is InChI=1S/C35H42FN7O5/c1-22-19-25(40-30-31-39-21-28(43(31)18-14-37-30)24-7-10-29(47-6)27(36)20-24)8-9-26(22)33(45)42-15-11-23(12-16-42)32(44)38-13-17-41(5)34(46)48-35(2,3)4/h7-10,14,18-21,23H,11-13,15-17H2,1-6H3,(H,37,40)(H,38,44). The average Bonchev–Trinajstić information content (AvgIpc) is 3.49. The number of aromatic nitrogens is 3. The van der Waals surface area contributed by atoms with Crippen molar-refractivity contribution in [3.05, 3.63) is 71.9 Å². The van der Waals surface area contributed by atoms with Gasteiger partial charge in [0.25, 0.3) is 5.91 Å². The van der Waals surface area contributed by atoms with Crippen LogP contribution in [0.4, 0.5) is 20.7 Å². The number of piperidine rings is 1. The number of nitrogens with zero attached hydrogens (tertiary/aromatic N) is 5. The fraction of sp³-hybridized carbons (Fsp3) is 0.400. The molecule has 3 heterocycles. The van der Waals surface area contributed by atoms with Crippen LogP contribution < -0.4 is 15.4 Å². The first-order valence-electron chi connectivity index (χ1n) is 15.9. The molecular weight excluding hydrogens is 617 g/mol. The van der Waals surface area contributed by atoms with Gasteiger partial charge in [0, 0.05) is 68.4 Å².